The molecule has 0 saturated carbocycles. The largest absolute Gasteiger partial charge is 0.385 e. The predicted molar refractivity (Wildman–Crippen MR) is 80.2 cm³/mol. The molecule has 0 bridgehead atoms. The highest BCUT2D eigenvalue weighted by Crippen LogP contribution is 2.24. The van der Waals surface area contributed by atoms with Gasteiger partial charge in [0.15, 0.2) is 0 Å². The number of benzene rings is 1. The fraction of sp³-hybridized carbons (Fsp3) is 0.333. The molecule has 0 fully saturated rings. The number of carbonyl (C=O) groups is 1. The number of pyridine rings is 1. The molecule has 106 valence electrons. The summed E-state index contributed by atoms with van der Waals surface area (Å²) in [6.07, 6.45) is 2.28. The Morgan fingerprint density at radius 2 is 2.10 bits per heavy atom. The Balaban J connectivity index is 2.24. The maximum absolute atomic E-state index is 12.3. The topological polar surface area (TPSA) is 51.2 Å². The Morgan fingerprint density at radius 1 is 1.40 bits per heavy atom. The summed E-state index contributed by atoms with van der Waals surface area (Å²) >= 11 is 6.05. The fourth-order valence-corrected chi connectivity index (χ4v) is 2.22. The van der Waals surface area contributed by atoms with Crippen molar-refractivity contribution in [3.8, 4) is 0 Å². The third kappa shape index (κ3) is 3.26. The van der Waals surface area contributed by atoms with Gasteiger partial charge in [-0.2, -0.15) is 0 Å². The second-order valence-electron chi connectivity index (χ2n) is 4.66. The van der Waals surface area contributed by atoms with Crippen LogP contribution in [0.25, 0.3) is 10.8 Å². The Hall–Kier alpha value is -1.65. The van der Waals surface area contributed by atoms with Crippen LogP contribution in [-0.2, 0) is 4.74 Å². The van der Waals surface area contributed by atoms with Crippen LogP contribution in [0.15, 0.2) is 30.5 Å². The molecule has 1 atom stereocenters. The number of hydrogen-bond acceptors (Lipinski definition) is 3. The van der Waals surface area contributed by atoms with Crippen molar-refractivity contribution < 1.29 is 9.53 Å². The second-order valence-corrected chi connectivity index (χ2v) is 5.02. The molecule has 2 aromatic rings. The van der Waals surface area contributed by atoms with Crippen molar-refractivity contribution >= 4 is 28.3 Å². The number of carbonyl (C=O) groups excluding carboxylic acids is 1. The zero-order valence-electron chi connectivity index (χ0n) is 11.5. The van der Waals surface area contributed by atoms with Crippen molar-refractivity contribution in [2.45, 2.75) is 19.4 Å². The lowest BCUT2D eigenvalue weighted by Gasteiger charge is -2.14. The van der Waals surface area contributed by atoms with Crippen molar-refractivity contribution in [1.29, 1.82) is 0 Å². The van der Waals surface area contributed by atoms with Crippen molar-refractivity contribution in [2.75, 3.05) is 13.7 Å². The first kappa shape index (κ1) is 14.8. The number of rotatable bonds is 5. The molecule has 20 heavy (non-hydrogen) atoms. The van der Waals surface area contributed by atoms with Crippen LogP contribution in [0.3, 0.4) is 0 Å². The van der Waals surface area contributed by atoms with Crippen LogP contribution in [-0.4, -0.2) is 30.6 Å². The summed E-state index contributed by atoms with van der Waals surface area (Å²) < 4.78 is 5.00. The monoisotopic (exact) mass is 292 g/mol. The van der Waals surface area contributed by atoms with Crippen LogP contribution >= 0.6 is 11.6 Å². The van der Waals surface area contributed by atoms with Crippen LogP contribution in [0.4, 0.5) is 0 Å². The van der Waals surface area contributed by atoms with Crippen molar-refractivity contribution in [3.63, 3.8) is 0 Å². The average molecular weight is 293 g/mol. The lowest BCUT2D eigenvalue weighted by atomic mass is 10.1. The average Bonchev–Trinajstić information content (AvgIpc) is 2.45. The van der Waals surface area contributed by atoms with E-state index in [-0.39, 0.29) is 11.9 Å². The summed E-state index contributed by atoms with van der Waals surface area (Å²) in [6, 6.07) is 7.52. The number of ether oxygens (including phenoxy) is 1. The fourth-order valence-electron chi connectivity index (χ4n) is 2.01. The molecule has 5 heteroatoms. The number of amides is 1. The molecule has 1 aromatic carbocycles. The first-order valence-electron chi connectivity index (χ1n) is 6.46. The first-order chi connectivity index (χ1) is 9.63. The third-order valence-electron chi connectivity index (χ3n) is 3.12. The Labute approximate surface area is 123 Å². The van der Waals surface area contributed by atoms with Crippen LogP contribution in [0.1, 0.15) is 23.7 Å². The standard InChI is InChI=1S/C15H17ClN2O2/c1-10(7-8-20-2)18-15(19)13-9-17-14(16)12-6-4-3-5-11(12)13/h3-6,9-10H,7-8H2,1-2H3,(H,18,19). The van der Waals surface area contributed by atoms with E-state index in [4.69, 9.17) is 16.3 Å². The van der Waals surface area contributed by atoms with Crippen LogP contribution < -0.4 is 5.32 Å². The maximum atomic E-state index is 12.3. The highest BCUT2D eigenvalue weighted by Gasteiger charge is 2.14. The molecule has 2 rings (SSSR count). The van der Waals surface area contributed by atoms with Gasteiger partial charge in [0.1, 0.15) is 5.15 Å². The number of methoxy groups -OCH3 is 1. The van der Waals surface area contributed by atoms with E-state index in [2.05, 4.69) is 10.3 Å². The summed E-state index contributed by atoms with van der Waals surface area (Å²) in [5, 5.41) is 4.94. The third-order valence-corrected chi connectivity index (χ3v) is 3.42. The minimum atomic E-state index is -0.144. The molecule has 1 unspecified atom stereocenters. The zero-order valence-corrected chi connectivity index (χ0v) is 12.3. The van der Waals surface area contributed by atoms with Crippen molar-refractivity contribution in [3.05, 3.63) is 41.2 Å². The minimum absolute atomic E-state index is 0.0388. The molecule has 0 aliphatic carbocycles. The summed E-state index contributed by atoms with van der Waals surface area (Å²) in [5.41, 5.74) is 0.536. The van der Waals surface area contributed by atoms with E-state index in [1.165, 1.54) is 6.20 Å². The first-order valence-corrected chi connectivity index (χ1v) is 6.84. The number of aromatic nitrogens is 1. The van der Waals surface area contributed by atoms with E-state index in [1.807, 2.05) is 31.2 Å². The molecule has 0 radical (unpaired) electrons. The second kappa shape index (κ2) is 6.68. The summed E-state index contributed by atoms with van der Waals surface area (Å²) in [6.45, 7) is 2.56. The number of halogens is 1. The van der Waals surface area contributed by atoms with E-state index in [0.29, 0.717) is 17.3 Å². The predicted octanol–water partition coefficient (Wildman–Crippen LogP) is 3.04. The SMILES string of the molecule is COCCC(C)NC(=O)c1cnc(Cl)c2ccccc12. The van der Waals surface area contributed by atoms with Gasteiger partial charge in [-0.3, -0.25) is 4.79 Å². The maximum Gasteiger partial charge on any atom is 0.253 e. The molecule has 1 amide bonds. The molecule has 0 spiro atoms. The van der Waals surface area contributed by atoms with Gasteiger partial charge in [0.2, 0.25) is 0 Å². The Morgan fingerprint density at radius 3 is 2.80 bits per heavy atom. The Bertz CT molecular complexity index is 616. The van der Waals surface area contributed by atoms with Crippen LogP contribution in [0, 0.1) is 0 Å². The van der Waals surface area contributed by atoms with E-state index in [9.17, 15) is 4.79 Å². The number of nitrogens with zero attached hydrogens (tertiary/aromatic N) is 1. The zero-order chi connectivity index (χ0) is 14.5. The van der Waals surface area contributed by atoms with E-state index < -0.39 is 0 Å². The van der Waals surface area contributed by atoms with Gasteiger partial charge in [0.05, 0.1) is 5.56 Å². The highest BCUT2D eigenvalue weighted by atomic mass is 35.5. The lowest BCUT2D eigenvalue weighted by molar-refractivity contribution is 0.0931. The normalized spacial score (nSPS) is 12.3. The quantitative estimate of drug-likeness (QED) is 0.862. The van der Waals surface area contributed by atoms with Gasteiger partial charge in [0.25, 0.3) is 5.91 Å². The Kier molecular flexibility index (Phi) is 4.93. The molecule has 1 aromatic heterocycles. The number of nitrogens with one attached hydrogen (secondary N) is 1. The van der Waals surface area contributed by atoms with Gasteiger partial charge < -0.3 is 10.1 Å². The van der Waals surface area contributed by atoms with Gasteiger partial charge in [0, 0.05) is 31.3 Å². The van der Waals surface area contributed by atoms with Gasteiger partial charge in [-0.05, 0) is 18.7 Å². The lowest BCUT2D eigenvalue weighted by Crippen LogP contribution is -2.33. The van der Waals surface area contributed by atoms with Gasteiger partial charge in [-0.1, -0.05) is 35.9 Å². The summed E-state index contributed by atoms with van der Waals surface area (Å²) in [5.74, 6) is -0.144. The van der Waals surface area contributed by atoms with Crippen LogP contribution in [0.2, 0.25) is 5.15 Å². The van der Waals surface area contributed by atoms with Gasteiger partial charge in [-0.25, -0.2) is 4.98 Å². The summed E-state index contributed by atoms with van der Waals surface area (Å²) in [4.78, 5) is 16.4. The van der Waals surface area contributed by atoms with E-state index >= 15 is 0 Å². The molecular weight excluding hydrogens is 276 g/mol. The number of hydrogen-bond donors (Lipinski definition) is 1. The van der Waals surface area contributed by atoms with Crippen molar-refractivity contribution in [2.24, 2.45) is 0 Å². The molecule has 0 saturated heterocycles. The van der Waals surface area contributed by atoms with E-state index in [0.717, 1.165) is 17.2 Å². The smallest absolute Gasteiger partial charge is 0.253 e. The van der Waals surface area contributed by atoms with Gasteiger partial charge >= 0.3 is 0 Å². The number of fused-ring (bicyclic) bond motifs is 1. The molecule has 4 nitrogen and oxygen atoms in total. The molecule has 0 aliphatic rings. The highest BCUT2D eigenvalue weighted by molar-refractivity contribution is 6.34. The molecule has 1 heterocycles. The summed E-state index contributed by atoms with van der Waals surface area (Å²) in [7, 11) is 1.64. The van der Waals surface area contributed by atoms with Crippen molar-refractivity contribution in [1.82, 2.24) is 10.3 Å². The minimum Gasteiger partial charge on any atom is -0.385 e. The van der Waals surface area contributed by atoms with Gasteiger partial charge in [-0.15, -0.1) is 0 Å². The van der Waals surface area contributed by atoms with Crippen LogP contribution in [0.5, 0.6) is 0 Å². The molecular formula is C15H17ClN2O2. The molecule has 0 aliphatic heterocycles. The molecule has 1 N–H and O–H groups in total. The van der Waals surface area contributed by atoms with E-state index in [1.54, 1.807) is 7.11 Å².